The Labute approximate surface area is 184 Å². The number of aromatic nitrogens is 4. The van der Waals surface area contributed by atoms with Crippen LogP contribution in [-0.2, 0) is 11.2 Å². The Kier molecular flexibility index (Phi) is 5.26. The zero-order valence-corrected chi connectivity index (χ0v) is 17.4. The van der Waals surface area contributed by atoms with Gasteiger partial charge in [-0.15, -0.1) is 0 Å². The third kappa shape index (κ3) is 4.22. The fourth-order valence-corrected chi connectivity index (χ4v) is 3.90. The monoisotopic (exact) mass is 433 g/mol. The number of H-pyrrole nitrogens is 1. The highest BCUT2D eigenvalue weighted by Crippen LogP contribution is 2.29. The molecule has 2 aromatic carbocycles. The van der Waals surface area contributed by atoms with Crippen molar-refractivity contribution in [2.45, 2.75) is 18.8 Å². The van der Waals surface area contributed by atoms with Crippen LogP contribution in [0.1, 0.15) is 23.7 Å². The van der Waals surface area contributed by atoms with Gasteiger partial charge in [-0.25, -0.2) is 0 Å². The number of amides is 1. The van der Waals surface area contributed by atoms with E-state index in [1.54, 1.807) is 0 Å². The van der Waals surface area contributed by atoms with Crippen molar-refractivity contribution in [1.82, 2.24) is 25.2 Å². The van der Waals surface area contributed by atoms with Crippen molar-refractivity contribution in [2.24, 2.45) is 0 Å². The van der Waals surface area contributed by atoms with Gasteiger partial charge in [0.2, 0.25) is 5.91 Å². The Bertz CT molecular complexity index is 1190. The molecule has 3 heterocycles. The first kappa shape index (κ1) is 19.5. The molecule has 0 saturated carbocycles. The Balaban J connectivity index is 1.24. The van der Waals surface area contributed by atoms with Crippen molar-refractivity contribution in [2.75, 3.05) is 13.1 Å². The summed E-state index contributed by atoms with van der Waals surface area (Å²) in [5, 5.41) is 12.1. The van der Waals surface area contributed by atoms with Crippen LogP contribution in [0.15, 0.2) is 65.2 Å². The minimum absolute atomic E-state index is 0.0771. The molecule has 0 spiro atoms. The van der Waals surface area contributed by atoms with Gasteiger partial charge >= 0.3 is 0 Å². The zero-order valence-electron chi connectivity index (χ0n) is 16.7. The molecule has 31 heavy (non-hydrogen) atoms. The van der Waals surface area contributed by atoms with Crippen LogP contribution in [0.25, 0.3) is 22.8 Å². The van der Waals surface area contributed by atoms with Crippen LogP contribution < -0.4 is 0 Å². The van der Waals surface area contributed by atoms with Crippen LogP contribution >= 0.6 is 11.6 Å². The average Bonchev–Trinajstić information content (AvgIpc) is 3.53. The second kappa shape index (κ2) is 8.35. The van der Waals surface area contributed by atoms with E-state index in [-0.39, 0.29) is 11.8 Å². The van der Waals surface area contributed by atoms with Crippen LogP contribution in [0.4, 0.5) is 0 Å². The van der Waals surface area contributed by atoms with Crippen molar-refractivity contribution in [3.05, 3.63) is 77.1 Å². The summed E-state index contributed by atoms with van der Waals surface area (Å²) in [6.45, 7) is 1.24. The van der Waals surface area contributed by atoms with E-state index in [0.29, 0.717) is 41.9 Å². The van der Waals surface area contributed by atoms with E-state index in [2.05, 4.69) is 20.3 Å². The van der Waals surface area contributed by atoms with Crippen LogP contribution in [0.2, 0.25) is 5.02 Å². The molecule has 7 nitrogen and oxygen atoms in total. The minimum atomic E-state index is -0.0771. The molecule has 1 atom stereocenters. The number of hydrogen-bond acceptors (Lipinski definition) is 5. The third-order valence-electron chi connectivity index (χ3n) is 5.48. The van der Waals surface area contributed by atoms with Crippen LogP contribution in [0.3, 0.4) is 0 Å². The summed E-state index contributed by atoms with van der Waals surface area (Å²) in [5.74, 6) is 0.954. The van der Waals surface area contributed by atoms with Crippen LogP contribution in [-0.4, -0.2) is 44.2 Å². The lowest BCUT2D eigenvalue weighted by atomic mass is 10.1. The highest BCUT2D eigenvalue weighted by Gasteiger charge is 2.33. The van der Waals surface area contributed by atoms with E-state index >= 15 is 0 Å². The number of benzene rings is 2. The van der Waals surface area contributed by atoms with Crippen molar-refractivity contribution in [3.8, 4) is 22.8 Å². The molecule has 156 valence electrons. The van der Waals surface area contributed by atoms with E-state index in [0.717, 1.165) is 23.2 Å². The number of aromatic amines is 1. The molecule has 1 saturated heterocycles. The van der Waals surface area contributed by atoms with Crippen molar-refractivity contribution in [1.29, 1.82) is 0 Å². The summed E-state index contributed by atoms with van der Waals surface area (Å²) in [7, 11) is 0. The number of carbonyl (C=O) groups is 1. The van der Waals surface area contributed by atoms with Gasteiger partial charge in [0.25, 0.3) is 5.89 Å². The Hall–Kier alpha value is -3.45. The SMILES string of the molecule is O=C1CC(c2noc(-c3cc(-c4ccccc4)n[nH]3)n2)CN1CCc1ccc(Cl)cc1. The molecular formula is C23H20ClN5O2. The first-order chi connectivity index (χ1) is 15.2. The molecule has 4 aromatic rings. The quantitative estimate of drug-likeness (QED) is 0.488. The lowest BCUT2D eigenvalue weighted by Gasteiger charge is -2.15. The van der Waals surface area contributed by atoms with Gasteiger partial charge in [0, 0.05) is 36.0 Å². The van der Waals surface area contributed by atoms with E-state index in [9.17, 15) is 4.79 Å². The first-order valence-corrected chi connectivity index (χ1v) is 10.5. The van der Waals surface area contributed by atoms with Gasteiger partial charge < -0.3 is 9.42 Å². The van der Waals surface area contributed by atoms with Gasteiger partial charge in [0.1, 0.15) is 5.69 Å². The number of carbonyl (C=O) groups excluding carboxylic acids is 1. The minimum Gasteiger partial charge on any atom is -0.342 e. The summed E-state index contributed by atoms with van der Waals surface area (Å²) in [6.07, 6.45) is 1.17. The van der Waals surface area contributed by atoms with Crippen LogP contribution in [0.5, 0.6) is 0 Å². The Morgan fingerprint density at radius 2 is 1.94 bits per heavy atom. The summed E-state index contributed by atoms with van der Waals surface area (Å²) in [5.41, 5.74) is 3.61. The molecule has 1 amide bonds. The normalized spacial score (nSPS) is 16.2. The van der Waals surface area contributed by atoms with Crippen LogP contribution in [0, 0.1) is 0 Å². The fraction of sp³-hybridized carbons (Fsp3) is 0.217. The van der Waals surface area contributed by atoms with E-state index in [1.165, 1.54) is 0 Å². The number of rotatable bonds is 6. The van der Waals surface area contributed by atoms with Crippen molar-refractivity contribution < 1.29 is 9.32 Å². The topological polar surface area (TPSA) is 87.9 Å². The molecule has 5 rings (SSSR count). The predicted octanol–water partition coefficient (Wildman–Crippen LogP) is 4.34. The van der Waals surface area contributed by atoms with E-state index < -0.39 is 0 Å². The molecule has 2 aromatic heterocycles. The Morgan fingerprint density at radius 1 is 1.13 bits per heavy atom. The largest absolute Gasteiger partial charge is 0.342 e. The fourth-order valence-electron chi connectivity index (χ4n) is 3.77. The molecule has 1 fully saturated rings. The standard InChI is InChI=1S/C23H20ClN5O2/c24-18-8-6-15(7-9-18)10-11-29-14-17(12-21(29)30)22-25-23(31-28-22)20-13-19(26-27-20)16-4-2-1-3-5-16/h1-9,13,17H,10-12,14H2,(H,26,27). The average molecular weight is 434 g/mol. The lowest BCUT2D eigenvalue weighted by Crippen LogP contribution is -2.27. The second-order valence-electron chi connectivity index (χ2n) is 7.61. The summed E-state index contributed by atoms with van der Waals surface area (Å²) < 4.78 is 5.45. The number of nitrogens with one attached hydrogen (secondary N) is 1. The summed E-state index contributed by atoms with van der Waals surface area (Å²) in [4.78, 5) is 18.9. The van der Waals surface area contributed by atoms with Gasteiger partial charge in [-0.3, -0.25) is 9.89 Å². The number of nitrogens with zero attached hydrogens (tertiary/aromatic N) is 4. The zero-order chi connectivity index (χ0) is 21.2. The molecular weight excluding hydrogens is 414 g/mol. The first-order valence-electron chi connectivity index (χ1n) is 10.1. The second-order valence-corrected chi connectivity index (χ2v) is 8.04. The molecule has 8 heteroatoms. The maximum absolute atomic E-state index is 12.5. The predicted molar refractivity (Wildman–Crippen MR) is 116 cm³/mol. The van der Waals surface area contributed by atoms with E-state index in [4.69, 9.17) is 16.1 Å². The number of likely N-dealkylation sites (tertiary alicyclic amines) is 1. The van der Waals surface area contributed by atoms with Crippen molar-refractivity contribution in [3.63, 3.8) is 0 Å². The number of halogens is 1. The molecule has 0 bridgehead atoms. The highest BCUT2D eigenvalue weighted by atomic mass is 35.5. The smallest absolute Gasteiger partial charge is 0.275 e. The summed E-state index contributed by atoms with van der Waals surface area (Å²) >= 11 is 5.93. The van der Waals surface area contributed by atoms with Gasteiger partial charge in [-0.1, -0.05) is 59.2 Å². The number of hydrogen-bond donors (Lipinski definition) is 1. The molecule has 1 N–H and O–H groups in total. The maximum atomic E-state index is 12.5. The molecule has 1 aliphatic rings. The maximum Gasteiger partial charge on any atom is 0.275 e. The van der Waals surface area contributed by atoms with Gasteiger partial charge in [0.05, 0.1) is 5.69 Å². The Morgan fingerprint density at radius 3 is 2.74 bits per heavy atom. The van der Waals surface area contributed by atoms with Gasteiger partial charge in [-0.2, -0.15) is 10.1 Å². The summed E-state index contributed by atoms with van der Waals surface area (Å²) in [6, 6.07) is 19.4. The third-order valence-corrected chi connectivity index (χ3v) is 5.73. The molecule has 1 unspecified atom stereocenters. The molecule has 1 aliphatic heterocycles. The van der Waals surface area contributed by atoms with E-state index in [1.807, 2.05) is 65.6 Å². The molecule has 0 aliphatic carbocycles. The van der Waals surface area contributed by atoms with Crippen molar-refractivity contribution >= 4 is 17.5 Å². The lowest BCUT2D eigenvalue weighted by molar-refractivity contribution is -0.127. The van der Waals surface area contributed by atoms with Gasteiger partial charge in [0.15, 0.2) is 5.82 Å². The van der Waals surface area contributed by atoms with Gasteiger partial charge in [-0.05, 0) is 30.2 Å². The highest BCUT2D eigenvalue weighted by molar-refractivity contribution is 6.30. The molecule has 0 radical (unpaired) electrons.